The Kier molecular flexibility index (Phi) is 8.91. The molecule has 4 N–H and O–H groups in total. The van der Waals surface area contributed by atoms with Crippen LogP contribution < -0.4 is 16.4 Å². The number of rotatable bonds is 7. The fourth-order valence-electron chi connectivity index (χ4n) is 1.37. The molecule has 0 saturated heterocycles. The van der Waals surface area contributed by atoms with Crippen LogP contribution in [0.2, 0.25) is 5.02 Å². The van der Waals surface area contributed by atoms with E-state index in [1.54, 1.807) is 13.2 Å². The van der Waals surface area contributed by atoms with Crippen molar-refractivity contribution in [2.24, 2.45) is 5.73 Å². The van der Waals surface area contributed by atoms with E-state index in [-0.39, 0.29) is 35.4 Å². The molecule has 112 valence electrons. The molecule has 0 unspecified atom stereocenters. The molecule has 0 aliphatic rings. The second-order valence-electron chi connectivity index (χ2n) is 3.78. The van der Waals surface area contributed by atoms with Gasteiger partial charge in [-0.15, -0.1) is 12.4 Å². The third-order valence-corrected chi connectivity index (χ3v) is 2.60. The third-order valence-electron chi connectivity index (χ3n) is 2.29. The summed E-state index contributed by atoms with van der Waals surface area (Å²) in [6, 6.07) is 4.52. The van der Waals surface area contributed by atoms with Crippen molar-refractivity contribution < 1.29 is 14.3 Å². The summed E-state index contributed by atoms with van der Waals surface area (Å²) in [5.74, 6) is -0.817. The Morgan fingerprint density at radius 3 is 2.65 bits per heavy atom. The number of anilines is 1. The number of ether oxygens (including phenoxy) is 1. The number of nitrogens with two attached hydrogens (primary N) is 1. The zero-order chi connectivity index (χ0) is 14.3. The summed E-state index contributed by atoms with van der Waals surface area (Å²) in [6.07, 6.45) is 0. The summed E-state index contributed by atoms with van der Waals surface area (Å²) < 4.78 is 4.84. The molecule has 0 heterocycles. The van der Waals surface area contributed by atoms with Gasteiger partial charge in [-0.05, 0) is 18.2 Å². The number of primary amides is 1. The first-order valence-electron chi connectivity index (χ1n) is 5.63. The largest absolute Gasteiger partial charge is 0.383 e. The topological polar surface area (TPSA) is 93.4 Å². The zero-order valence-corrected chi connectivity index (χ0v) is 12.5. The molecule has 1 aromatic rings. The highest BCUT2D eigenvalue weighted by Crippen LogP contribution is 2.20. The predicted octanol–water partition coefficient (Wildman–Crippen LogP) is 1.04. The van der Waals surface area contributed by atoms with Crippen LogP contribution in [0, 0.1) is 0 Å². The lowest BCUT2D eigenvalue weighted by Gasteiger charge is -2.08. The van der Waals surface area contributed by atoms with Crippen LogP contribution in [0.3, 0.4) is 0 Å². The van der Waals surface area contributed by atoms with Crippen molar-refractivity contribution >= 4 is 41.5 Å². The molecule has 0 aromatic heterocycles. The van der Waals surface area contributed by atoms with Crippen LogP contribution in [0.4, 0.5) is 5.69 Å². The molecule has 2 amide bonds. The molecule has 0 saturated carbocycles. The number of nitrogens with one attached hydrogen (secondary N) is 2. The molecule has 0 radical (unpaired) electrons. The number of hydrogen-bond donors (Lipinski definition) is 3. The second kappa shape index (κ2) is 9.55. The number of carbonyl (C=O) groups is 2. The quantitative estimate of drug-likeness (QED) is 0.654. The SMILES string of the molecule is COCCNCC(=O)Nc1ccc(C(N)=O)c(Cl)c1.Cl. The van der Waals surface area contributed by atoms with E-state index in [4.69, 9.17) is 22.1 Å². The van der Waals surface area contributed by atoms with Crippen molar-refractivity contribution in [2.45, 2.75) is 0 Å². The van der Waals surface area contributed by atoms with Gasteiger partial charge in [0.25, 0.3) is 0 Å². The Morgan fingerprint density at radius 1 is 1.40 bits per heavy atom. The molecule has 0 spiro atoms. The predicted molar refractivity (Wildman–Crippen MR) is 80.6 cm³/mol. The normalized spacial score (nSPS) is 9.70. The van der Waals surface area contributed by atoms with Gasteiger partial charge in [0.2, 0.25) is 11.8 Å². The summed E-state index contributed by atoms with van der Waals surface area (Å²) in [4.78, 5) is 22.5. The number of carbonyl (C=O) groups excluding carboxylic acids is 2. The summed E-state index contributed by atoms with van der Waals surface area (Å²) >= 11 is 5.87. The van der Waals surface area contributed by atoms with Crippen molar-refractivity contribution in [2.75, 3.05) is 32.1 Å². The Morgan fingerprint density at radius 2 is 2.10 bits per heavy atom. The molecule has 20 heavy (non-hydrogen) atoms. The first-order chi connectivity index (χ1) is 9.04. The van der Waals surface area contributed by atoms with E-state index < -0.39 is 5.91 Å². The standard InChI is InChI=1S/C12H16ClN3O3.ClH/c1-19-5-4-15-7-11(17)16-8-2-3-9(12(14)18)10(13)6-8;/h2-3,6,15H,4-5,7H2,1H3,(H2,14,18)(H,16,17);1H. The van der Waals surface area contributed by atoms with Crippen LogP contribution in [0.25, 0.3) is 0 Å². The molecule has 0 bridgehead atoms. The van der Waals surface area contributed by atoms with E-state index in [2.05, 4.69) is 10.6 Å². The maximum atomic E-state index is 11.6. The number of halogens is 2. The van der Waals surface area contributed by atoms with Gasteiger partial charge in [-0.2, -0.15) is 0 Å². The summed E-state index contributed by atoms with van der Waals surface area (Å²) in [6.45, 7) is 1.29. The minimum absolute atomic E-state index is 0. The molecule has 8 heteroatoms. The molecule has 0 atom stereocenters. The van der Waals surface area contributed by atoms with Gasteiger partial charge in [0.1, 0.15) is 0 Å². The fourth-order valence-corrected chi connectivity index (χ4v) is 1.65. The zero-order valence-electron chi connectivity index (χ0n) is 10.9. The van der Waals surface area contributed by atoms with E-state index in [0.29, 0.717) is 18.8 Å². The van der Waals surface area contributed by atoms with Gasteiger partial charge < -0.3 is 21.1 Å². The smallest absolute Gasteiger partial charge is 0.250 e. The molecule has 6 nitrogen and oxygen atoms in total. The van der Waals surface area contributed by atoms with Gasteiger partial charge in [0, 0.05) is 19.3 Å². The van der Waals surface area contributed by atoms with Crippen LogP contribution >= 0.6 is 24.0 Å². The molecule has 1 rings (SSSR count). The highest BCUT2D eigenvalue weighted by molar-refractivity contribution is 6.34. The van der Waals surface area contributed by atoms with Crippen LogP contribution in [0.15, 0.2) is 18.2 Å². The van der Waals surface area contributed by atoms with Crippen LogP contribution in [0.1, 0.15) is 10.4 Å². The average Bonchev–Trinajstić information content (AvgIpc) is 2.34. The summed E-state index contributed by atoms with van der Waals surface area (Å²) in [5.41, 5.74) is 5.86. The van der Waals surface area contributed by atoms with Crippen molar-refractivity contribution in [1.29, 1.82) is 0 Å². The number of methoxy groups -OCH3 is 1. The average molecular weight is 322 g/mol. The molecule has 0 aliphatic heterocycles. The Bertz CT molecular complexity index is 469. The van der Waals surface area contributed by atoms with Gasteiger partial charge in [-0.3, -0.25) is 9.59 Å². The van der Waals surface area contributed by atoms with Crippen molar-refractivity contribution in [3.63, 3.8) is 0 Å². The maximum absolute atomic E-state index is 11.6. The lowest BCUT2D eigenvalue weighted by atomic mass is 10.2. The van der Waals surface area contributed by atoms with Crippen molar-refractivity contribution in [3.05, 3.63) is 28.8 Å². The van der Waals surface area contributed by atoms with E-state index in [9.17, 15) is 9.59 Å². The van der Waals surface area contributed by atoms with E-state index in [1.165, 1.54) is 12.1 Å². The summed E-state index contributed by atoms with van der Waals surface area (Å²) in [5, 5.41) is 5.76. The van der Waals surface area contributed by atoms with Gasteiger partial charge in [-0.25, -0.2) is 0 Å². The van der Waals surface area contributed by atoms with Gasteiger partial charge >= 0.3 is 0 Å². The minimum atomic E-state index is -0.607. The van der Waals surface area contributed by atoms with Gasteiger partial charge in [0.15, 0.2) is 0 Å². The first-order valence-corrected chi connectivity index (χ1v) is 6.01. The molecule has 1 aromatic carbocycles. The molecule has 0 fully saturated rings. The lowest BCUT2D eigenvalue weighted by molar-refractivity contribution is -0.115. The van der Waals surface area contributed by atoms with E-state index in [1.807, 2.05) is 0 Å². The molecular formula is C12H17Cl2N3O3. The van der Waals surface area contributed by atoms with Gasteiger partial charge in [0.05, 0.1) is 23.7 Å². The van der Waals surface area contributed by atoms with E-state index >= 15 is 0 Å². The molecule has 0 aliphatic carbocycles. The number of hydrogen-bond acceptors (Lipinski definition) is 4. The van der Waals surface area contributed by atoms with Crippen LogP contribution in [0.5, 0.6) is 0 Å². The Hall–Kier alpha value is -1.34. The minimum Gasteiger partial charge on any atom is -0.383 e. The number of amides is 2. The maximum Gasteiger partial charge on any atom is 0.250 e. The summed E-state index contributed by atoms with van der Waals surface area (Å²) in [7, 11) is 1.59. The first kappa shape index (κ1) is 18.7. The Balaban J connectivity index is 0.00000361. The number of benzene rings is 1. The van der Waals surface area contributed by atoms with Crippen LogP contribution in [-0.2, 0) is 9.53 Å². The second-order valence-corrected chi connectivity index (χ2v) is 4.18. The van der Waals surface area contributed by atoms with Crippen molar-refractivity contribution in [1.82, 2.24) is 5.32 Å². The highest BCUT2D eigenvalue weighted by atomic mass is 35.5. The van der Waals surface area contributed by atoms with Crippen molar-refractivity contribution in [3.8, 4) is 0 Å². The van der Waals surface area contributed by atoms with Gasteiger partial charge in [-0.1, -0.05) is 11.6 Å². The molecular weight excluding hydrogens is 305 g/mol. The Labute approximate surface area is 128 Å². The van der Waals surface area contributed by atoms with E-state index in [0.717, 1.165) is 0 Å². The fraction of sp³-hybridized carbons (Fsp3) is 0.333. The monoisotopic (exact) mass is 321 g/mol. The van der Waals surface area contributed by atoms with Crippen LogP contribution in [-0.4, -0.2) is 38.6 Å². The highest BCUT2D eigenvalue weighted by Gasteiger charge is 2.08. The third kappa shape index (κ3) is 6.21. The lowest BCUT2D eigenvalue weighted by Crippen LogP contribution is -2.30.